The van der Waals surface area contributed by atoms with Crippen LogP contribution in [0.5, 0.6) is 0 Å². The fourth-order valence-electron chi connectivity index (χ4n) is 3.62. The topological polar surface area (TPSA) is 70.6 Å². The zero-order valence-corrected chi connectivity index (χ0v) is 15.7. The molecular formula is C20H22FN3O2S. The van der Waals surface area contributed by atoms with Gasteiger partial charge in [-0.15, -0.1) is 0 Å². The first-order valence-corrected chi connectivity index (χ1v) is 10.7. The molecule has 0 atom stereocenters. The second-order valence-electron chi connectivity index (χ2n) is 7.07. The average molecular weight is 387 g/mol. The minimum absolute atomic E-state index is 0.0162. The molecule has 5 nitrogen and oxygen atoms in total. The Kier molecular flexibility index (Phi) is 4.97. The highest BCUT2D eigenvalue weighted by molar-refractivity contribution is 7.89. The Bertz CT molecular complexity index is 965. The summed E-state index contributed by atoms with van der Waals surface area (Å²) in [5, 5.41) is 3.15. The number of hydrogen-bond donors (Lipinski definition) is 2. The maximum atomic E-state index is 13.1. The van der Waals surface area contributed by atoms with Crippen LogP contribution in [-0.4, -0.2) is 20.3 Å². The molecule has 4 rings (SSSR count). The van der Waals surface area contributed by atoms with Crippen LogP contribution in [0.2, 0.25) is 0 Å². The van der Waals surface area contributed by atoms with Crippen molar-refractivity contribution in [2.24, 2.45) is 4.99 Å². The van der Waals surface area contributed by atoms with Crippen molar-refractivity contribution < 1.29 is 12.8 Å². The molecule has 0 bridgehead atoms. The van der Waals surface area contributed by atoms with Crippen molar-refractivity contribution >= 4 is 21.5 Å². The predicted molar refractivity (Wildman–Crippen MR) is 104 cm³/mol. The Morgan fingerprint density at radius 1 is 1.00 bits per heavy atom. The number of aliphatic imine (C=N–C) groups is 1. The highest BCUT2D eigenvalue weighted by atomic mass is 32.2. The molecule has 0 unspecified atom stereocenters. The predicted octanol–water partition coefficient (Wildman–Crippen LogP) is 3.81. The van der Waals surface area contributed by atoms with Crippen LogP contribution in [0.3, 0.4) is 0 Å². The quantitative estimate of drug-likeness (QED) is 0.838. The van der Waals surface area contributed by atoms with Crippen molar-refractivity contribution in [1.29, 1.82) is 0 Å². The van der Waals surface area contributed by atoms with E-state index < -0.39 is 10.0 Å². The third-order valence-corrected chi connectivity index (χ3v) is 6.61. The van der Waals surface area contributed by atoms with Crippen LogP contribution in [0.25, 0.3) is 0 Å². The van der Waals surface area contributed by atoms with Gasteiger partial charge in [0.2, 0.25) is 10.0 Å². The summed E-state index contributed by atoms with van der Waals surface area (Å²) in [7, 11) is -3.57. The number of sulfonamides is 1. The van der Waals surface area contributed by atoms with E-state index in [9.17, 15) is 12.8 Å². The van der Waals surface area contributed by atoms with Crippen molar-refractivity contribution in [3.05, 3.63) is 59.4 Å². The van der Waals surface area contributed by atoms with Gasteiger partial charge in [-0.1, -0.05) is 25.3 Å². The van der Waals surface area contributed by atoms with E-state index in [4.69, 9.17) is 0 Å². The summed E-state index contributed by atoms with van der Waals surface area (Å²) >= 11 is 0. The largest absolute Gasteiger partial charge is 0.340 e. The van der Waals surface area contributed by atoms with Crippen LogP contribution in [-0.2, 0) is 16.6 Å². The van der Waals surface area contributed by atoms with Crippen LogP contribution in [0.15, 0.2) is 52.4 Å². The van der Waals surface area contributed by atoms with E-state index in [1.165, 1.54) is 18.6 Å². The molecule has 2 aromatic carbocycles. The van der Waals surface area contributed by atoms with E-state index in [0.29, 0.717) is 18.1 Å². The third kappa shape index (κ3) is 4.04. The molecule has 1 aliphatic carbocycles. The van der Waals surface area contributed by atoms with Crippen LogP contribution < -0.4 is 10.0 Å². The number of rotatable bonds is 4. The van der Waals surface area contributed by atoms with E-state index in [2.05, 4.69) is 15.0 Å². The van der Waals surface area contributed by atoms with Crippen molar-refractivity contribution in [1.82, 2.24) is 4.72 Å². The first-order chi connectivity index (χ1) is 13.0. The van der Waals surface area contributed by atoms with Gasteiger partial charge in [0.1, 0.15) is 11.7 Å². The highest BCUT2D eigenvalue weighted by Crippen LogP contribution is 2.25. The molecule has 0 amide bonds. The normalized spacial score (nSPS) is 17.4. The van der Waals surface area contributed by atoms with E-state index >= 15 is 0 Å². The smallest absolute Gasteiger partial charge is 0.240 e. The van der Waals surface area contributed by atoms with Gasteiger partial charge in [-0.05, 0) is 54.8 Å². The van der Waals surface area contributed by atoms with E-state index in [-0.39, 0.29) is 16.8 Å². The van der Waals surface area contributed by atoms with E-state index in [0.717, 1.165) is 36.8 Å². The Morgan fingerprint density at radius 3 is 2.48 bits per heavy atom. The fourth-order valence-corrected chi connectivity index (χ4v) is 4.95. The number of anilines is 1. The summed E-state index contributed by atoms with van der Waals surface area (Å²) in [6, 6.07) is 11.1. The average Bonchev–Trinajstić information content (AvgIpc) is 3.06. The second-order valence-corrected chi connectivity index (χ2v) is 8.79. The molecule has 0 radical (unpaired) electrons. The first-order valence-electron chi connectivity index (χ1n) is 9.24. The number of fused-ring (bicyclic) bond motifs is 1. The molecule has 1 aliphatic heterocycles. The lowest BCUT2D eigenvalue weighted by Crippen LogP contribution is -2.36. The summed E-state index contributed by atoms with van der Waals surface area (Å²) in [6.07, 6.45) is 5.09. The van der Waals surface area contributed by atoms with Crippen molar-refractivity contribution in [2.75, 3.05) is 5.32 Å². The molecule has 7 heteroatoms. The molecule has 1 heterocycles. The van der Waals surface area contributed by atoms with Crippen LogP contribution >= 0.6 is 0 Å². The minimum Gasteiger partial charge on any atom is -0.340 e. The van der Waals surface area contributed by atoms with Gasteiger partial charge in [-0.2, -0.15) is 0 Å². The number of nitrogens with zero attached hydrogens (tertiary/aromatic N) is 1. The van der Waals surface area contributed by atoms with Crippen LogP contribution in [0.1, 0.15) is 43.2 Å². The van der Waals surface area contributed by atoms with Gasteiger partial charge in [0.25, 0.3) is 0 Å². The molecule has 142 valence electrons. The summed E-state index contributed by atoms with van der Waals surface area (Å²) < 4.78 is 41.5. The molecule has 0 spiro atoms. The van der Waals surface area contributed by atoms with Crippen molar-refractivity contribution in [3.8, 4) is 0 Å². The Labute approximate surface area is 158 Å². The van der Waals surface area contributed by atoms with Crippen LogP contribution in [0.4, 0.5) is 10.1 Å². The van der Waals surface area contributed by atoms with E-state index in [1.807, 2.05) is 6.07 Å². The van der Waals surface area contributed by atoms with Gasteiger partial charge >= 0.3 is 0 Å². The highest BCUT2D eigenvalue weighted by Gasteiger charge is 2.24. The molecule has 1 fully saturated rings. The van der Waals surface area contributed by atoms with Gasteiger partial charge in [0.05, 0.1) is 11.4 Å². The Hall–Kier alpha value is -2.25. The zero-order valence-electron chi connectivity index (χ0n) is 14.9. The monoisotopic (exact) mass is 387 g/mol. The molecule has 0 saturated heterocycles. The number of amidine groups is 1. The molecule has 2 N–H and O–H groups in total. The molecule has 2 aliphatic rings. The number of hydrogen-bond acceptors (Lipinski definition) is 4. The SMILES string of the molecule is O=S(=O)(NC1CCCCC1)c1ccc2c(c1)C(Nc1ccc(F)cc1)=NC2. The first kappa shape index (κ1) is 18.1. The second kappa shape index (κ2) is 7.40. The third-order valence-electron chi connectivity index (χ3n) is 5.09. The fraction of sp³-hybridized carbons (Fsp3) is 0.350. The van der Waals surface area contributed by atoms with Crippen molar-refractivity contribution in [2.45, 2.75) is 49.6 Å². The number of nitrogens with one attached hydrogen (secondary N) is 2. The maximum absolute atomic E-state index is 13.1. The Balaban J connectivity index is 1.55. The molecular weight excluding hydrogens is 365 g/mol. The molecule has 1 saturated carbocycles. The summed E-state index contributed by atoms with van der Waals surface area (Å²) in [5.74, 6) is 0.294. The van der Waals surface area contributed by atoms with Gasteiger partial charge < -0.3 is 5.32 Å². The van der Waals surface area contributed by atoms with Crippen LogP contribution in [0, 0.1) is 5.82 Å². The lowest BCUT2D eigenvalue weighted by Gasteiger charge is -2.22. The molecule has 2 aromatic rings. The minimum atomic E-state index is -3.57. The van der Waals surface area contributed by atoms with E-state index in [1.54, 1.807) is 24.3 Å². The summed E-state index contributed by atoms with van der Waals surface area (Å²) in [6.45, 7) is 0.495. The number of benzene rings is 2. The maximum Gasteiger partial charge on any atom is 0.240 e. The van der Waals surface area contributed by atoms with Gasteiger partial charge in [-0.3, -0.25) is 4.99 Å². The Morgan fingerprint density at radius 2 is 1.74 bits per heavy atom. The summed E-state index contributed by atoms with van der Waals surface area (Å²) in [4.78, 5) is 4.71. The van der Waals surface area contributed by atoms with Crippen molar-refractivity contribution in [3.63, 3.8) is 0 Å². The lowest BCUT2D eigenvalue weighted by atomic mass is 9.96. The lowest BCUT2D eigenvalue weighted by molar-refractivity contribution is 0.412. The standard InChI is InChI=1S/C20H22FN3O2S/c21-15-7-9-16(10-8-15)23-20-19-12-18(11-6-14(19)13-22-20)27(25,26)24-17-4-2-1-3-5-17/h6-12,17,24H,1-5,13H2,(H,22,23). The van der Waals surface area contributed by atoms with Gasteiger partial charge in [0, 0.05) is 17.3 Å². The van der Waals surface area contributed by atoms with Gasteiger partial charge in [0.15, 0.2) is 0 Å². The number of halogens is 1. The summed E-state index contributed by atoms with van der Waals surface area (Å²) in [5.41, 5.74) is 2.44. The zero-order chi connectivity index (χ0) is 18.9. The van der Waals surface area contributed by atoms with Gasteiger partial charge in [-0.25, -0.2) is 17.5 Å². The molecule has 27 heavy (non-hydrogen) atoms. The molecule has 0 aromatic heterocycles.